The normalized spacial score (nSPS) is 10.2. The first-order valence-electron chi connectivity index (χ1n) is 5.37. The van der Waals surface area contributed by atoms with E-state index in [1.165, 1.54) is 18.4 Å². The molecule has 6 heteroatoms. The van der Waals surface area contributed by atoms with Gasteiger partial charge < -0.3 is 14.8 Å². The van der Waals surface area contributed by atoms with Crippen molar-refractivity contribution >= 4 is 29.2 Å². The number of hydrogen-bond donors (Lipinski definition) is 2. The van der Waals surface area contributed by atoms with E-state index >= 15 is 0 Å². The lowest BCUT2D eigenvalue weighted by molar-refractivity contribution is 0.0698. The number of furan rings is 1. The van der Waals surface area contributed by atoms with E-state index in [4.69, 9.17) is 21.1 Å². The SMILES string of the molecule is Cc1cc(C(=O)Nc2cccc(Cl)c2C(=O)O)co1. The van der Waals surface area contributed by atoms with Crippen molar-refractivity contribution in [2.45, 2.75) is 6.92 Å². The van der Waals surface area contributed by atoms with Gasteiger partial charge in [0.1, 0.15) is 17.6 Å². The van der Waals surface area contributed by atoms with Gasteiger partial charge in [-0.25, -0.2) is 4.79 Å². The summed E-state index contributed by atoms with van der Waals surface area (Å²) in [6.07, 6.45) is 1.30. The van der Waals surface area contributed by atoms with Gasteiger partial charge in [0.2, 0.25) is 0 Å². The van der Waals surface area contributed by atoms with Crippen LogP contribution in [0.1, 0.15) is 26.5 Å². The van der Waals surface area contributed by atoms with Crippen LogP contribution < -0.4 is 5.32 Å². The Morgan fingerprint density at radius 3 is 2.68 bits per heavy atom. The van der Waals surface area contributed by atoms with E-state index in [0.29, 0.717) is 11.3 Å². The van der Waals surface area contributed by atoms with Crippen LogP contribution in [-0.4, -0.2) is 17.0 Å². The Labute approximate surface area is 113 Å². The van der Waals surface area contributed by atoms with E-state index in [9.17, 15) is 9.59 Å². The van der Waals surface area contributed by atoms with Gasteiger partial charge in [-0.15, -0.1) is 0 Å². The van der Waals surface area contributed by atoms with E-state index < -0.39 is 11.9 Å². The zero-order valence-corrected chi connectivity index (χ0v) is 10.7. The van der Waals surface area contributed by atoms with Crippen molar-refractivity contribution in [1.82, 2.24) is 0 Å². The lowest BCUT2D eigenvalue weighted by Gasteiger charge is -2.08. The number of aromatic carboxylic acids is 1. The van der Waals surface area contributed by atoms with Crippen LogP contribution in [0.2, 0.25) is 5.02 Å². The summed E-state index contributed by atoms with van der Waals surface area (Å²) in [6.45, 7) is 1.71. The molecular formula is C13H10ClNO4. The second kappa shape index (κ2) is 5.16. The molecule has 1 amide bonds. The summed E-state index contributed by atoms with van der Waals surface area (Å²) in [4.78, 5) is 23.0. The molecule has 1 heterocycles. The molecule has 19 heavy (non-hydrogen) atoms. The van der Waals surface area contributed by atoms with E-state index in [1.807, 2.05) is 0 Å². The van der Waals surface area contributed by atoms with Crippen molar-refractivity contribution in [2.24, 2.45) is 0 Å². The van der Waals surface area contributed by atoms with Crippen LogP contribution in [0.15, 0.2) is 34.9 Å². The van der Waals surface area contributed by atoms with Crippen LogP contribution in [0.4, 0.5) is 5.69 Å². The number of rotatable bonds is 3. The van der Waals surface area contributed by atoms with Gasteiger partial charge in [0.25, 0.3) is 5.91 Å². The van der Waals surface area contributed by atoms with Crippen LogP contribution in [0, 0.1) is 6.92 Å². The maximum absolute atomic E-state index is 11.9. The van der Waals surface area contributed by atoms with E-state index in [2.05, 4.69) is 5.32 Å². The van der Waals surface area contributed by atoms with Crippen LogP contribution in [0.25, 0.3) is 0 Å². The third-order valence-corrected chi connectivity index (χ3v) is 2.78. The standard InChI is InChI=1S/C13H10ClNO4/c1-7-5-8(6-19-7)12(16)15-10-4-2-3-9(14)11(10)13(17)18/h2-6H,1H3,(H,15,16)(H,17,18). The molecule has 5 nitrogen and oxygen atoms in total. The van der Waals surface area contributed by atoms with Crippen molar-refractivity contribution in [3.63, 3.8) is 0 Å². The topological polar surface area (TPSA) is 79.5 Å². The molecule has 0 radical (unpaired) electrons. The van der Waals surface area contributed by atoms with Gasteiger partial charge in [0.05, 0.1) is 16.3 Å². The number of carbonyl (C=O) groups excluding carboxylic acids is 1. The van der Waals surface area contributed by atoms with Crippen molar-refractivity contribution < 1.29 is 19.1 Å². The van der Waals surface area contributed by atoms with Gasteiger partial charge in [0.15, 0.2) is 0 Å². The van der Waals surface area contributed by atoms with Gasteiger partial charge in [-0.3, -0.25) is 4.79 Å². The summed E-state index contributed by atoms with van der Waals surface area (Å²) in [7, 11) is 0. The summed E-state index contributed by atoms with van der Waals surface area (Å²) < 4.78 is 5.02. The molecule has 0 unspecified atom stereocenters. The molecule has 1 aromatic carbocycles. The fourth-order valence-corrected chi connectivity index (χ4v) is 1.86. The molecule has 0 aliphatic heterocycles. The molecule has 0 saturated heterocycles. The van der Waals surface area contributed by atoms with Crippen molar-refractivity contribution in [2.75, 3.05) is 5.32 Å². The van der Waals surface area contributed by atoms with E-state index in [1.54, 1.807) is 19.1 Å². The number of carboxylic acids is 1. The summed E-state index contributed by atoms with van der Waals surface area (Å²) in [5.41, 5.74) is 0.315. The minimum absolute atomic E-state index is 0.0636. The summed E-state index contributed by atoms with van der Waals surface area (Å²) in [6, 6.07) is 6.04. The molecule has 1 aromatic heterocycles. The lowest BCUT2D eigenvalue weighted by atomic mass is 10.1. The second-order valence-corrected chi connectivity index (χ2v) is 4.27. The third kappa shape index (κ3) is 2.77. The smallest absolute Gasteiger partial charge is 0.339 e. The molecule has 0 atom stereocenters. The maximum Gasteiger partial charge on any atom is 0.339 e. The highest BCUT2D eigenvalue weighted by Gasteiger charge is 2.17. The van der Waals surface area contributed by atoms with Crippen molar-refractivity contribution in [3.8, 4) is 0 Å². The molecule has 0 fully saturated rings. The summed E-state index contributed by atoms with van der Waals surface area (Å²) >= 11 is 5.81. The molecule has 2 aromatic rings. The summed E-state index contributed by atoms with van der Waals surface area (Å²) in [5, 5.41) is 11.6. The highest BCUT2D eigenvalue weighted by molar-refractivity contribution is 6.34. The fraction of sp³-hybridized carbons (Fsp3) is 0.0769. The maximum atomic E-state index is 11.9. The van der Waals surface area contributed by atoms with Gasteiger partial charge >= 0.3 is 5.97 Å². The minimum atomic E-state index is -1.20. The Kier molecular flexibility index (Phi) is 3.57. The Morgan fingerprint density at radius 2 is 2.11 bits per heavy atom. The average molecular weight is 280 g/mol. The molecule has 0 aliphatic carbocycles. The Hall–Kier alpha value is -2.27. The zero-order chi connectivity index (χ0) is 14.0. The molecule has 0 aliphatic rings. The van der Waals surface area contributed by atoms with Gasteiger partial charge in [0, 0.05) is 0 Å². The van der Waals surface area contributed by atoms with Crippen LogP contribution >= 0.6 is 11.6 Å². The first-order valence-corrected chi connectivity index (χ1v) is 5.75. The van der Waals surface area contributed by atoms with E-state index in [-0.39, 0.29) is 16.3 Å². The number of carbonyl (C=O) groups is 2. The summed E-state index contributed by atoms with van der Waals surface area (Å²) in [5.74, 6) is -1.07. The number of amides is 1. The number of anilines is 1. The number of carboxylic acid groups (broad SMARTS) is 1. The predicted octanol–water partition coefficient (Wildman–Crippen LogP) is 3.19. The minimum Gasteiger partial charge on any atom is -0.478 e. The first-order chi connectivity index (χ1) is 8.99. The van der Waals surface area contributed by atoms with E-state index in [0.717, 1.165) is 0 Å². The van der Waals surface area contributed by atoms with Crippen LogP contribution in [0.3, 0.4) is 0 Å². The quantitative estimate of drug-likeness (QED) is 0.904. The molecule has 98 valence electrons. The lowest BCUT2D eigenvalue weighted by Crippen LogP contribution is -2.14. The number of hydrogen-bond acceptors (Lipinski definition) is 3. The monoisotopic (exact) mass is 279 g/mol. The average Bonchev–Trinajstić information content (AvgIpc) is 2.75. The Morgan fingerprint density at radius 1 is 1.37 bits per heavy atom. The third-order valence-electron chi connectivity index (χ3n) is 2.47. The van der Waals surface area contributed by atoms with Crippen LogP contribution in [0.5, 0.6) is 0 Å². The molecule has 2 N–H and O–H groups in total. The fourth-order valence-electron chi connectivity index (χ4n) is 1.60. The largest absolute Gasteiger partial charge is 0.478 e. The van der Waals surface area contributed by atoms with Gasteiger partial charge in [-0.2, -0.15) is 0 Å². The van der Waals surface area contributed by atoms with Gasteiger partial charge in [-0.1, -0.05) is 17.7 Å². The number of nitrogens with one attached hydrogen (secondary N) is 1. The molecule has 0 saturated carbocycles. The predicted molar refractivity (Wildman–Crippen MR) is 69.8 cm³/mol. The van der Waals surface area contributed by atoms with Crippen molar-refractivity contribution in [3.05, 3.63) is 52.4 Å². The first kappa shape index (κ1) is 13.2. The highest BCUT2D eigenvalue weighted by atomic mass is 35.5. The molecule has 0 spiro atoms. The highest BCUT2D eigenvalue weighted by Crippen LogP contribution is 2.25. The Balaban J connectivity index is 2.31. The molecule has 2 rings (SSSR count). The Bertz CT molecular complexity index is 648. The molecular weight excluding hydrogens is 270 g/mol. The number of aryl methyl sites for hydroxylation is 1. The molecule has 0 bridgehead atoms. The van der Waals surface area contributed by atoms with Crippen LogP contribution in [-0.2, 0) is 0 Å². The second-order valence-electron chi connectivity index (χ2n) is 3.87. The van der Waals surface area contributed by atoms with Crippen molar-refractivity contribution in [1.29, 1.82) is 0 Å². The number of halogens is 1. The van der Waals surface area contributed by atoms with Gasteiger partial charge in [-0.05, 0) is 25.1 Å². The zero-order valence-electron chi connectivity index (χ0n) is 9.94. The number of benzene rings is 1.